The molecule has 3 aliphatic rings. The van der Waals surface area contributed by atoms with Crippen molar-refractivity contribution in [1.29, 1.82) is 0 Å². The van der Waals surface area contributed by atoms with Gasteiger partial charge in [0.2, 0.25) is 17.7 Å². The van der Waals surface area contributed by atoms with Gasteiger partial charge in [0.05, 0.1) is 5.92 Å². The average molecular weight is 497 g/mol. The Balaban J connectivity index is 1.60. The SMILES string of the molecule is CCC(NC)(C(N)=O)[C@@H](C(=O)N1CC[C@H]2CCCN(CCc3ccccc3)C(=O)[C@H]21)C1CCCCC1. The summed E-state index contributed by atoms with van der Waals surface area (Å²) in [5.74, 6) is -0.702. The molecule has 3 fully saturated rings. The summed E-state index contributed by atoms with van der Waals surface area (Å²) in [6.45, 7) is 3.91. The highest BCUT2D eigenvalue weighted by Gasteiger charge is 2.54. The molecule has 4 rings (SSSR count). The van der Waals surface area contributed by atoms with Crippen molar-refractivity contribution < 1.29 is 14.4 Å². The Bertz CT molecular complexity index is 910. The van der Waals surface area contributed by atoms with Crippen molar-refractivity contribution in [3.05, 3.63) is 35.9 Å². The van der Waals surface area contributed by atoms with E-state index in [1.807, 2.05) is 34.9 Å². The number of hydrogen-bond donors (Lipinski definition) is 2. The van der Waals surface area contributed by atoms with E-state index in [1.54, 1.807) is 7.05 Å². The molecular weight excluding hydrogens is 452 g/mol. The topological polar surface area (TPSA) is 95.7 Å². The van der Waals surface area contributed by atoms with E-state index in [-0.39, 0.29) is 23.7 Å². The maximum atomic E-state index is 14.4. The van der Waals surface area contributed by atoms with Crippen LogP contribution in [0.25, 0.3) is 0 Å². The first-order chi connectivity index (χ1) is 17.4. The molecule has 7 nitrogen and oxygen atoms in total. The maximum absolute atomic E-state index is 14.4. The molecule has 0 spiro atoms. The number of rotatable bonds is 9. The van der Waals surface area contributed by atoms with Crippen LogP contribution in [0.5, 0.6) is 0 Å². The van der Waals surface area contributed by atoms with Crippen LogP contribution < -0.4 is 11.1 Å². The van der Waals surface area contributed by atoms with Gasteiger partial charge < -0.3 is 20.9 Å². The number of nitrogens with zero attached hydrogens (tertiary/aromatic N) is 2. The van der Waals surface area contributed by atoms with Crippen molar-refractivity contribution in [3.63, 3.8) is 0 Å². The van der Waals surface area contributed by atoms with Crippen LogP contribution in [0.1, 0.15) is 70.3 Å². The minimum atomic E-state index is -1.10. The third kappa shape index (κ3) is 5.17. The Kier molecular flexibility index (Phi) is 8.70. The molecule has 4 atom stereocenters. The minimum absolute atomic E-state index is 0.0531. The van der Waals surface area contributed by atoms with Crippen LogP contribution in [0, 0.1) is 17.8 Å². The van der Waals surface area contributed by atoms with E-state index in [4.69, 9.17) is 5.73 Å². The lowest BCUT2D eigenvalue weighted by molar-refractivity contribution is -0.152. The van der Waals surface area contributed by atoms with Crippen molar-refractivity contribution >= 4 is 17.7 Å². The second-order valence-corrected chi connectivity index (χ2v) is 11.0. The van der Waals surface area contributed by atoms with E-state index in [1.165, 1.54) is 5.56 Å². The van der Waals surface area contributed by atoms with Gasteiger partial charge in [0.1, 0.15) is 11.6 Å². The van der Waals surface area contributed by atoms with Gasteiger partial charge in [-0.25, -0.2) is 0 Å². The molecule has 0 bridgehead atoms. The number of carbonyl (C=O) groups is 3. The summed E-state index contributed by atoms with van der Waals surface area (Å²) in [4.78, 5) is 45.0. The molecule has 3 N–H and O–H groups in total. The fourth-order valence-corrected chi connectivity index (χ4v) is 7.18. The number of likely N-dealkylation sites (tertiary alicyclic amines) is 2. The number of nitrogens with one attached hydrogen (secondary N) is 1. The summed E-state index contributed by atoms with van der Waals surface area (Å²) in [6.07, 6.45) is 9.16. The molecule has 2 aliphatic heterocycles. The summed E-state index contributed by atoms with van der Waals surface area (Å²) in [7, 11) is 1.74. The van der Waals surface area contributed by atoms with Crippen molar-refractivity contribution in [2.75, 3.05) is 26.7 Å². The highest BCUT2D eigenvalue weighted by Crippen LogP contribution is 2.41. The van der Waals surface area contributed by atoms with Gasteiger partial charge in [-0.05, 0) is 69.4 Å². The van der Waals surface area contributed by atoms with Gasteiger partial charge in [0.15, 0.2) is 0 Å². The number of amides is 3. The van der Waals surface area contributed by atoms with Gasteiger partial charge in [0.25, 0.3) is 0 Å². The number of fused-ring (bicyclic) bond motifs is 1. The smallest absolute Gasteiger partial charge is 0.245 e. The Morgan fingerprint density at radius 1 is 1.06 bits per heavy atom. The highest BCUT2D eigenvalue weighted by atomic mass is 16.2. The van der Waals surface area contributed by atoms with E-state index in [9.17, 15) is 14.4 Å². The predicted molar refractivity (Wildman–Crippen MR) is 141 cm³/mol. The number of nitrogens with two attached hydrogens (primary N) is 1. The molecule has 1 saturated carbocycles. The summed E-state index contributed by atoms with van der Waals surface area (Å²) in [6, 6.07) is 9.82. The highest BCUT2D eigenvalue weighted by molar-refractivity contribution is 5.95. The van der Waals surface area contributed by atoms with Crippen molar-refractivity contribution in [1.82, 2.24) is 15.1 Å². The molecule has 36 heavy (non-hydrogen) atoms. The summed E-state index contributed by atoms with van der Waals surface area (Å²) < 4.78 is 0. The van der Waals surface area contributed by atoms with Crippen LogP contribution in [0.4, 0.5) is 0 Å². The Morgan fingerprint density at radius 2 is 1.78 bits per heavy atom. The average Bonchev–Trinajstić information content (AvgIpc) is 3.26. The monoisotopic (exact) mass is 496 g/mol. The number of benzene rings is 1. The number of likely N-dealkylation sites (N-methyl/N-ethyl adjacent to an activating group) is 1. The Labute approximate surface area is 216 Å². The zero-order chi connectivity index (χ0) is 25.7. The van der Waals surface area contributed by atoms with Crippen LogP contribution in [0.3, 0.4) is 0 Å². The fraction of sp³-hybridized carbons (Fsp3) is 0.690. The largest absolute Gasteiger partial charge is 0.368 e. The zero-order valence-corrected chi connectivity index (χ0v) is 22.1. The first-order valence-electron chi connectivity index (χ1n) is 14.0. The van der Waals surface area contributed by atoms with E-state index >= 15 is 0 Å². The first-order valence-corrected chi connectivity index (χ1v) is 14.0. The summed E-state index contributed by atoms with van der Waals surface area (Å²) >= 11 is 0. The van der Waals surface area contributed by atoms with E-state index in [0.717, 1.165) is 64.3 Å². The molecule has 1 aliphatic carbocycles. The molecule has 1 aromatic carbocycles. The normalized spacial score (nSPS) is 25.7. The van der Waals surface area contributed by atoms with Crippen LogP contribution in [0.15, 0.2) is 30.3 Å². The molecule has 2 saturated heterocycles. The standard InChI is InChI=1S/C29H44N4O3/c1-3-29(31-2,28(30)36)24(22-13-8-5-9-14-22)26(34)33-20-17-23-15-10-18-32(27(35)25(23)33)19-16-21-11-6-4-7-12-21/h4,6-7,11-12,22-25,31H,3,5,8-10,13-20H2,1-2H3,(H2,30,36)/t23-,24-,25+,29?/m1/s1. The molecule has 0 aromatic heterocycles. The lowest BCUT2D eigenvalue weighted by atomic mass is 9.68. The van der Waals surface area contributed by atoms with Gasteiger partial charge in [0, 0.05) is 19.6 Å². The fourth-order valence-electron chi connectivity index (χ4n) is 7.18. The molecule has 1 aromatic rings. The summed E-state index contributed by atoms with van der Waals surface area (Å²) in [5.41, 5.74) is 6.11. The molecule has 198 valence electrons. The molecule has 3 amide bonds. The molecular formula is C29H44N4O3. The Hall–Kier alpha value is -2.41. The lowest BCUT2D eigenvalue weighted by Crippen LogP contribution is -2.65. The van der Waals surface area contributed by atoms with Crippen LogP contribution in [-0.2, 0) is 20.8 Å². The number of primary amides is 1. The number of carbonyl (C=O) groups excluding carboxylic acids is 3. The van der Waals surface area contributed by atoms with Crippen molar-refractivity contribution in [2.45, 2.75) is 82.7 Å². The van der Waals surface area contributed by atoms with Crippen LogP contribution in [0.2, 0.25) is 0 Å². The van der Waals surface area contributed by atoms with Crippen LogP contribution >= 0.6 is 0 Å². The quantitative estimate of drug-likeness (QED) is 0.549. The van der Waals surface area contributed by atoms with Gasteiger partial charge in [-0.3, -0.25) is 14.4 Å². The summed E-state index contributed by atoms with van der Waals surface area (Å²) in [5, 5.41) is 3.19. The lowest BCUT2D eigenvalue weighted by Gasteiger charge is -2.44. The zero-order valence-electron chi connectivity index (χ0n) is 22.1. The van der Waals surface area contributed by atoms with Gasteiger partial charge >= 0.3 is 0 Å². The number of hydrogen-bond acceptors (Lipinski definition) is 4. The van der Waals surface area contributed by atoms with Crippen LogP contribution in [-0.4, -0.2) is 65.8 Å². The third-order valence-corrected chi connectivity index (χ3v) is 9.25. The molecule has 1 unspecified atom stereocenters. The molecule has 7 heteroatoms. The predicted octanol–water partition coefficient (Wildman–Crippen LogP) is 3.12. The van der Waals surface area contributed by atoms with E-state index < -0.39 is 23.4 Å². The van der Waals surface area contributed by atoms with Gasteiger partial charge in [-0.15, -0.1) is 0 Å². The molecule has 2 heterocycles. The van der Waals surface area contributed by atoms with E-state index in [0.29, 0.717) is 19.5 Å². The van der Waals surface area contributed by atoms with E-state index in [2.05, 4.69) is 17.4 Å². The van der Waals surface area contributed by atoms with Gasteiger partial charge in [-0.1, -0.05) is 56.5 Å². The van der Waals surface area contributed by atoms with Crippen molar-refractivity contribution in [3.8, 4) is 0 Å². The minimum Gasteiger partial charge on any atom is -0.368 e. The third-order valence-electron chi connectivity index (χ3n) is 9.25. The Morgan fingerprint density at radius 3 is 2.42 bits per heavy atom. The first kappa shape index (κ1) is 26.6. The van der Waals surface area contributed by atoms with Gasteiger partial charge in [-0.2, -0.15) is 0 Å². The maximum Gasteiger partial charge on any atom is 0.245 e. The second-order valence-electron chi connectivity index (χ2n) is 11.0. The second kappa shape index (κ2) is 11.8. The molecule has 0 radical (unpaired) electrons. The van der Waals surface area contributed by atoms with Crippen molar-refractivity contribution in [2.24, 2.45) is 23.5 Å².